The number of aromatic nitrogens is 1. The highest BCUT2D eigenvalue weighted by Gasteiger charge is 2.39. The van der Waals surface area contributed by atoms with Gasteiger partial charge in [0.2, 0.25) is 5.89 Å². The summed E-state index contributed by atoms with van der Waals surface area (Å²) in [5, 5.41) is 0. The van der Waals surface area contributed by atoms with Crippen LogP contribution in [0.2, 0.25) is 0 Å². The first-order chi connectivity index (χ1) is 7.17. The molecule has 0 saturated heterocycles. The summed E-state index contributed by atoms with van der Waals surface area (Å²) in [5.74, 6) is 0.703. The smallest absolute Gasteiger partial charge is 0.215 e. The molecular formula is C12H14N2O. The lowest BCUT2D eigenvalue weighted by Gasteiger charge is -2.34. The maximum atomic E-state index is 6.17. The van der Waals surface area contributed by atoms with Gasteiger partial charge in [-0.15, -0.1) is 0 Å². The number of rotatable bonds is 1. The molecule has 1 fully saturated rings. The fourth-order valence-corrected chi connectivity index (χ4v) is 2.02. The molecule has 1 saturated carbocycles. The van der Waals surface area contributed by atoms with Crippen LogP contribution in [-0.2, 0) is 5.54 Å². The van der Waals surface area contributed by atoms with Crippen molar-refractivity contribution in [3.05, 3.63) is 29.7 Å². The number of nitrogens with zero attached hydrogens (tertiary/aromatic N) is 1. The van der Waals surface area contributed by atoms with Crippen molar-refractivity contribution < 1.29 is 4.42 Å². The van der Waals surface area contributed by atoms with E-state index in [2.05, 4.69) is 11.9 Å². The molecule has 2 N–H and O–H groups in total. The molecule has 1 aliphatic carbocycles. The van der Waals surface area contributed by atoms with E-state index < -0.39 is 0 Å². The summed E-state index contributed by atoms with van der Waals surface area (Å²) in [5.41, 5.74) is 8.83. The molecule has 2 aromatic rings. The van der Waals surface area contributed by atoms with Gasteiger partial charge in [-0.3, -0.25) is 0 Å². The van der Waals surface area contributed by atoms with Crippen molar-refractivity contribution in [2.24, 2.45) is 5.73 Å². The zero-order valence-corrected chi connectivity index (χ0v) is 8.79. The van der Waals surface area contributed by atoms with E-state index in [0.29, 0.717) is 5.89 Å². The number of hydrogen-bond acceptors (Lipinski definition) is 3. The van der Waals surface area contributed by atoms with Crippen LogP contribution < -0.4 is 5.73 Å². The Balaban J connectivity index is 2.14. The highest BCUT2D eigenvalue weighted by molar-refractivity contribution is 5.73. The van der Waals surface area contributed by atoms with Crippen LogP contribution in [0, 0.1) is 6.92 Å². The fraction of sp³-hybridized carbons (Fsp3) is 0.417. The van der Waals surface area contributed by atoms with Gasteiger partial charge in [0.1, 0.15) is 5.52 Å². The van der Waals surface area contributed by atoms with E-state index in [0.717, 1.165) is 23.9 Å². The van der Waals surface area contributed by atoms with Crippen LogP contribution >= 0.6 is 0 Å². The molecule has 1 heterocycles. The maximum Gasteiger partial charge on any atom is 0.215 e. The normalized spacial score (nSPS) is 19.1. The van der Waals surface area contributed by atoms with Crippen LogP contribution in [0.4, 0.5) is 0 Å². The number of hydrogen-bond donors (Lipinski definition) is 1. The van der Waals surface area contributed by atoms with E-state index in [4.69, 9.17) is 10.2 Å². The van der Waals surface area contributed by atoms with Crippen molar-refractivity contribution >= 4 is 11.1 Å². The van der Waals surface area contributed by atoms with Crippen LogP contribution in [0.3, 0.4) is 0 Å². The lowest BCUT2D eigenvalue weighted by atomic mass is 9.78. The Labute approximate surface area is 88.3 Å². The third-order valence-corrected chi connectivity index (χ3v) is 3.21. The number of benzene rings is 1. The van der Waals surface area contributed by atoms with Crippen LogP contribution in [0.1, 0.15) is 30.7 Å². The van der Waals surface area contributed by atoms with Crippen LogP contribution in [0.25, 0.3) is 11.1 Å². The van der Waals surface area contributed by atoms with Gasteiger partial charge in [0, 0.05) is 0 Å². The zero-order valence-electron chi connectivity index (χ0n) is 8.79. The summed E-state index contributed by atoms with van der Waals surface area (Å²) in [6.07, 6.45) is 3.14. The minimum atomic E-state index is -0.299. The fourth-order valence-electron chi connectivity index (χ4n) is 2.02. The molecule has 1 aromatic heterocycles. The average Bonchev–Trinajstić information content (AvgIpc) is 2.57. The lowest BCUT2D eigenvalue weighted by Crippen LogP contribution is -2.43. The summed E-state index contributed by atoms with van der Waals surface area (Å²) < 4.78 is 5.69. The molecule has 3 heteroatoms. The van der Waals surface area contributed by atoms with Gasteiger partial charge < -0.3 is 10.2 Å². The molecule has 78 valence electrons. The second kappa shape index (κ2) is 2.83. The zero-order chi connectivity index (χ0) is 10.5. The number of fused-ring (bicyclic) bond motifs is 1. The summed E-state index contributed by atoms with van der Waals surface area (Å²) in [6.45, 7) is 2.05. The molecule has 0 atom stereocenters. The molecule has 0 unspecified atom stereocenters. The Morgan fingerprint density at radius 2 is 2.20 bits per heavy atom. The summed E-state index contributed by atoms with van der Waals surface area (Å²) in [7, 11) is 0. The molecule has 0 spiro atoms. The molecule has 0 radical (unpaired) electrons. The largest absolute Gasteiger partial charge is 0.439 e. The predicted molar refractivity (Wildman–Crippen MR) is 58.5 cm³/mol. The molecular weight excluding hydrogens is 188 g/mol. The van der Waals surface area contributed by atoms with Gasteiger partial charge in [-0.05, 0) is 43.9 Å². The van der Waals surface area contributed by atoms with Gasteiger partial charge in [-0.2, -0.15) is 0 Å². The van der Waals surface area contributed by atoms with Gasteiger partial charge in [-0.25, -0.2) is 4.98 Å². The minimum absolute atomic E-state index is 0.299. The first-order valence-electron chi connectivity index (χ1n) is 5.34. The van der Waals surface area contributed by atoms with Crippen molar-refractivity contribution in [2.75, 3.05) is 0 Å². The molecule has 1 aliphatic rings. The third-order valence-electron chi connectivity index (χ3n) is 3.21. The van der Waals surface area contributed by atoms with Gasteiger partial charge in [0.25, 0.3) is 0 Å². The molecule has 0 amide bonds. The highest BCUT2D eigenvalue weighted by Crippen LogP contribution is 2.39. The topological polar surface area (TPSA) is 52.0 Å². The van der Waals surface area contributed by atoms with E-state index >= 15 is 0 Å². The van der Waals surface area contributed by atoms with Gasteiger partial charge >= 0.3 is 0 Å². The second-order valence-electron chi connectivity index (χ2n) is 4.50. The Hall–Kier alpha value is -1.35. The third kappa shape index (κ3) is 1.27. The van der Waals surface area contributed by atoms with E-state index in [1.54, 1.807) is 0 Å². The Kier molecular flexibility index (Phi) is 1.68. The van der Waals surface area contributed by atoms with Crippen molar-refractivity contribution in [1.29, 1.82) is 0 Å². The Morgan fingerprint density at radius 3 is 2.87 bits per heavy atom. The van der Waals surface area contributed by atoms with E-state index in [1.165, 1.54) is 12.0 Å². The van der Waals surface area contributed by atoms with Gasteiger partial charge in [0.15, 0.2) is 5.58 Å². The van der Waals surface area contributed by atoms with Crippen molar-refractivity contribution in [2.45, 2.75) is 31.7 Å². The minimum Gasteiger partial charge on any atom is -0.439 e. The predicted octanol–water partition coefficient (Wildman–Crippen LogP) is 2.47. The number of oxazole rings is 1. The first kappa shape index (κ1) is 8.92. The number of nitrogens with two attached hydrogens (primary N) is 1. The summed E-state index contributed by atoms with van der Waals surface area (Å²) in [4.78, 5) is 4.48. The van der Waals surface area contributed by atoms with Gasteiger partial charge in [0.05, 0.1) is 5.54 Å². The van der Waals surface area contributed by atoms with E-state index in [1.807, 2.05) is 18.2 Å². The van der Waals surface area contributed by atoms with Crippen LogP contribution in [0.5, 0.6) is 0 Å². The maximum absolute atomic E-state index is 6.17. The molecule has 3 rings (SSSR count). The summed E-state index contributed by atoms with van der Waals surface area (Å²) in [6, 6.07) is 6.02. The summed E-state index contributed by atoms with van der Waals surface area (Å²) >= 11 is 0. The van der Waals surface area contributed by atoms with Crippen molar-refractivity contribution in [3.63, 3.8) is 0 Å². The highest BCUT2D eigenvalue weighted by atomic mass is 16.4. The first-order valence-corrected chi connectivity index (χ1v) is 5.34. The second-order valence-corrected chi connectivity index (χ2v) is 4.50. The van der Waals surface area contributed by atoms with Crippen molar-refractivity contribution in [3.8, 4) is 0 Å². The van der Waals surface area contributed by atoms with E-state index in [9.17, 15) is 0 Å². The molecule has 0 aliphatic heterocycles. The van der Waals surface area contributed by atoms with Gasteiger partial charge in [-0.1, -0.05) is 6.07 Å². The molecule has 15 heavy (non-hydrogen) atoms. The molecule has 1 aromatic carbocycles. The Morgan fingerprint density at radius 1 is 1.40 bits per heavy atom. The average molecular weight is 202 g/mol. The quantitative estimate of drug-likeness (QED) is 0.772. The number of aryl methyl sites for hydroxylation is 1. The van der Waals surface area contributed by atoms with Crippen molar-refractivity contribution in [1.82, 2.24) is 4.98 Å². The monoisotopic (exact) mass is 202 g/mol. The van der Waals surface area contributed by atoms with Crippen LogP contribution in [-0.4, -0.2) is 4.98 Å². The van der Waals surface area contributed by atoms with Crippen LogP contribution in [0.15, 0.2) is 22.6 Å². The SMILES string of the molecule is Cc1ccc2oc(C3(N)CCC3)nc2c1. The lowest BCUT2D eigenvalue weighted by molar-refractivity contribution is 0.203. The molecule has 3 nitrogen and oxygen atoms in total. The molecule has 0 bridgehead atoms. The van der Waals surface area contributed by atoms with E-state index in [-0.39, 0.29) is 5.54 Å². The standard InChI is InChI=1S/C12H14N2O/c1-8-3-4-10-9(7-8)14-11(15-10)12(13)5-2-6-12/h3-4,7H,2,5-6,13H2,1H3. The Bertz CT molecular complexity index is 511.